The van der Waals surface area contributed by atoms with E-state index in [1.165, 1.54) is 0 Å². The molecule has 0 spiro atoms. The van der Waals surface area contributed by atoms with Crippen molar-refractivity contribution >= 4 is 17.5 Å². The lowest BCUT2D eigenvalue weighted by Gasteiger charge is -2.04. The van der Waals surface area contributed by atoms with Crippen molar-refractivity contribution in [2.45, 2.75) is 12.8 Å². The molecule has 92 valence electrons. The summed E-state index contributed by atoms with van der Waals surface area (Å²) >= 11 is 0. The molecule has 2 aromatic rings. The molecule has 1 amide bonds. The third kappa shape index (κ3) is 3.55. The van der Waals surface area contributed by atoms with E-state index in [0.717, 1.165) is 5.69 Å². The zero-order valence-corrected chi connectivity index (χ0v) is 9.84. The van der Waals surface area contributed by atoms with E-state index < -0.39 is 0 Å². The van der Waals surface area contributed by atoms with Crippen LogP contribution in [0.15, 0.2) is 42.6 Å². The molecule has 0 saturated carbocycles. The van der Waals surface area contributed by atoms with Crippen molar-refractivity contribution in [3.8, 4) is 0 Å². The van der Waals surface area contributed by atoms with Crippen LogP contribution in [0.1, 0.15) is 12.1 Å². The average molecular weight is 242 g/mol. The molecule has 0 aliphatic rings. The van der Waals surface area contributed by atoms with Crippen LogP contribution in [-0.4, -0.2) is 15.9 Å². The molecule has 0 fully saturated rings. The van der Waals surface area contributed by atoms with Crippen molar-refractivity contribution in [1.29, 1.82) is 0 Å². The van der Waals surface area contributed by atoms with Crippen LogP contribution in [-0.2, 0) is 11.2 Å². The van der Waals surface area contributed by atoms with Gasteiger partial charge in [-0.3, -0.25) is 9.78 Å². The molecular formula is C13H14N4O. The fourth-order valence-electron chi connectivity index (χ4n) is 1.51. The van der Waals surface area contributed by atoms with Gasteiger partial charge in [0.2, 0.25) is 5.91 Å². The van der Waals surface area contributed by atoms with Gasteiger partial charge in [-0.1, -0.05) is 12.1 Å². The predicted octanol–water partition coefficient (Wildman–Crippen LogP) is 1.63. The molecule has 2 rings (SSSR count). The molecule has 0 aliphatic carbocycles. The van der Waals surface area contributed by atoms with Gasteiger partial charge in [0.25, 0.3) is 0 Å². The maximum Gasteiger partial charge on any atom is 0.225 e. The third-order valence-electron chi connectivity index (χ3n) is 2.37. The number of amides is 1. The third-order valence-corrected chi connectivity index (χ3v) is 2.37. The van der Waals surface area contributed by atoms with Crippen LogP contribution in [0.5, 0.6) is 0 Å². The molecule has 0 aliphatic heterocycles. The summed E-state index contributed by atoms with van der Waals surface area (Å²) in [6.45, 7) is 0. The first-order chi connectivity index (χ1) is 8.74. The molecule has 3 N–H and O–H groups in total. The Morgan fingerprint density at radius 2 is 2.11 bits per heavy atom. The quantitative estimate of drug-likeness (QED) is 0.853. The summed E-state index contributed by atoms with van der Waals surface area (Å²) in [5.41, 5.74) is 6.42. The van der Waals surface area contributed by atoms with E-state index in [9.17, 15) is 4.79 Å². The van der Waals surface area contributed by atoms with Gasteiger partial charge in [0.15, 0.2) is 0 Å². The molecule has 0 bridgehead atoms. The van der Waals surface area contributed by atoms with Crippen LogP contribution in [0.3, 0.4) is 0 Å². The van der Waals surface area contributed by atoms with E-state index in [0.29, 0.717) is 24.5 Å². The normalized spacial score (nSPS) is 10.0. The molecule has 18 heavy (non-hydrogen) atoms. The van der Waals surface area contributed by atoms with Gasteiger partial charge in [0.1, 0.15) is 11.6 Å². The molecule has 0 radical (unpaired) electrons. The SMILES string of the molecule is Nc1cccc(NC(=O)CCc2ccccn2)n1. The van der Waals surface area contributed by atoms with Gasteiger partial charge in [0, 0.05) is 18.3 Å². The first-order valence-electron chi connectivity index (χ1n) is 5.66. The van der Waals surface area contributed by atoms with E-state index in [4.69, 9.17) is 5.73 Å². The van der Waals surface area contributed by atoms with Crippen LogP contribution in [0.4, 0.5) is 11.6 Å². The highest BCUT2D eigenvalue weighted by Crippen LogP contribution is 2.07. The minimum Gasteiger partial charge on any atom is -0.384 e. The number of aromatic nitrogens is 2. The van der Waals surface area contributed by atoms with Crippen LogP contribution >= 0.6 is 0 Å². The topological polar surface area (TPSA) is 80.9 Å². The standard InChI is InChI=1S/C13H14N4O/c14-11-5-3-6-12(16-11)17-13(18)8-7-10-4-1-2-9-15-10/h1-6,9H,7-8H2,(H3,14,16,17,18). The Morgan fingerprint density at radius 1 is 1.22 bits per heavy atom. The minimum atomic E-state index is -0.0984. The van der Waals surface area contributed by atoms with Crippen molar-refractivity contribution < 1.29 is 4.79 Å². The second-order valence-corrected chi connectivity index (χ2v) is 3.82. The number of carbonyl (C=O) groups excluding carboxylic acids is 1. The number of aryl methyl sites for hydroxylation is 1. The van der Waals surface area contributed by atoms with Crippen LogP contribution in [0.2, 0.25) is 0 Å². The van der Waals surface area contributed by atoms with E-state index in [1.54, 1.807) is 24.4 Å². The fraction of sp³-hybridized carbons (Fsp3) is 0.154. The second-order valence-electron chi connectivity index (χ2n) is 3.82. The number of nitrogens with one attached hydrogen (secondary N) is 1. The van der Waals surface area contributed by atoms with Crippen molar-refractivity contribution in [1.82, 2.24) is 9.97 Å². The Bertz CT molecular complexity index is 528. The summed E-state index contributed by atoms with van der Waals surface area (Å²) in [4.78, 5) is 19.8. The monoisotopic (exact) mass is 242 g/mol. The van der Waals surface area contributed by atoms with Gasteiger partial charge >= 0.3 is 0 Å². The van der Waals surface area contributed by atoms with Gasteiger partial charge in [-0.15, -0.1) is 0 Å². The largest absolute Gasteiger partial charge is 0.384 e. The number of rotatable bonds is 4. The Balaban J connectivity index is 1.86. The Morgan fingerprint density at radius 3 is 2.83 bits per heavy atom. The first-order valence-corrected chi connectivity index (χ1v) is 5.66. The van der Waals surface area contributed by atoms with E-state index in [1.807, 2.05) is 18.2 Å². The van der Waals surface area contributed by atoms with Gasteiger partial charge < -0.3 is 11.1 Å². The molecule has 0 saturated heterocycles. The summed E-state index contributed by atoms with van der Waals surface area (Å²) in [6.07, 6.45) is 2.69. The van der Waals surface area contributed by atoms with Gasteiger partial charge in [-0.2, -0.15) is 0 Å². The molecule has 0 unspecified atom stereocenters. The summed E-state index contributed by atoms with van der Waals surface area (Å²) < 4.78 is 0. The van der Waals surface area contributed by atoms with E-state index in [2.05, 4.69) is 15.3 Å². The van der Waals surface area contributed by atoms with Crippen LogP contribution in [0, 0.1) is 0 Å². The maximum absolute atomic E-state index is 11.7. The van der Waals surface area contributed by atoms with E-state index >= 15 is 0 Å². The molecule has 2 heterocycles. The van der Waals surface area contributed by atoms with Gasteiger partial charge in [-0.05, 0) is 30.7 Å². The number of hydrogen-bond donors (Lipinski definition) is 2. The highest BCUT2D eigenvalue weighted by atomic mass is 16.1. The lowest BCUT2D eigenvalue weighted by atomic mass is 10.2. The smallest absolute Gasteiger partial charge is 0.225 e. The Hall–Kier alpha value is -2.43. The summed E-state index contributed by atoms with van der Waals surface area (Å²) in [5, 5.41) is 2.70. The van der Waals surface area contributed by atoms with Crippen LogP contribution in [0.25, 0.3) is 0 Å². The molecule has 0 atom stereocenters. The van der Waals surface area contributed by atoms with Crippen molar-refractivity contribution in [2.24, 2.45) is 0 Å². The number of anilines is 2. The number of carbonyl (C=O) groups is 1. The summed E-state index contributed by atoms with van der Waals surface area (Å²) in [5.74, 6) is 0.761. The minimum absolute atomic E-state index is 0.0984. The summed E-state index contributed by atoms with van der Waals surface area (Å²) in [6, 6.07) is 10.8. The number of nitrogens with two attached hydrogens (primary N) is 1. The van der Waals surface area contributed by atoms with Crippen molar-refractivity contribution in [2.75, 3.05) is 11.1 Å². The van der Waals surface area contributed by atoms with Crippen molar-refractivity contribution in [3.05, 3.63) is 48.3 Å². The fourth-order valence-corrected chi connectivity index (χ4v) is 1.51. The molecule has 0 aromatic carbocycles. The van der Waals surface area contributed by atoms with Gasteiger partial charge in [0.05, 0.1) is 0 Å². The molecule has 5 nitrogen and oxygen atoms in total. The molecule has 2 aromatic heterocycles. The zero-order valence-electron chi connectivity index (χ0n) is 9.84. The Kier molecular flexibility index (Phi) is 3.86. The maximum atomic E-state index is 11.7. The number of nitrogens with zero attached hydrogens (tertiary/aromatic N) is 2. The molecule has 5 heteroatoms. The zero-order chi connectivity index (χ0) is 12.8. The average Bonchev–Trinajstić information content (AvgIpc) is 2.38. The van der Waals surface area contributed by atoms with Crippen LogP contribution < -0.4 is 11.1 Å². The lowest BCUT2D eigenvalue weighted by Crippen LogP contribution is -2.14. The highest BCUT2D eigenvalue weighted by molar-refractivity contribution is 5.89. The Labute approximate surface area is 105 Å². The number of pyridine rings is 2. The number of hydrogen-bond acceptors (Lipinski definition) is 4. The second kappa shape index (κ2) is 5.77. The molecular weight excluding hydrogens is 228 g/mol. The van der Waals surface area contributed by atoms with E-state index in [-0.39, 0.29) is 5.91 Å². The summed E-state index contributed by atoms with van der Waals surface area (Å²) in [7, 11) is 0. The lowest BCUT2D eigenvalue weighted by molar-refractivity contribution is -0.116. The van der Waals surface area contributed by atoms with Crippen molar-refractivity contribution in [3.63, 3.8) is 0 Å². The first kappa shape index (κ1) is 12.0. The van der Waals surface area contributed by atoms with Gasteiger partial charge in [-0.25, -0.2) is 4.98 Å². The predicted molar refractivity (Wildman–Crippen MR) is 69.8 cm³/mol. The highest BCUT2D eigenvalue weighted by Gasteiger charge is 2.04. The number of nitrogen functional groups attached to an aromatic ring is 1.